The van der Waals surface area contributed by atoms with E-state index in [1.807, 2.05) is 12.1 Å². The maximum atomic E-state index is 5.32. The Balaban J connectivity index is 1.25. The van der Waals surface area contributed by atoms with Crippen molar-refractivity contribution in [1.29, 1.82) is 0 Å². The Bertz CT molecular complexity index is 2830. The molecule has 0 N–H and O–H groups in total. The van der Waals surface area contributed by atoms with Crippen LogP contribution in [0.2, 0.25) is 0 Å². The predicted molar refractivity (Wildman–Crippen MR) is 207 cm³/mol. The number of hydrogen-bond acceptors (Lipinski definition) is 2. The molecule has 10 rings (SSSR count). The lowest BCUT2D eigenvalue weighted by atomic mass is 10.0. The summed E-state index contributed by atoms with van der Waals surface area (Å²) in [5.41, 5.74) is 10.9. The van der Waals surface area contributed by atoms with Crippen LogP contribution in [0.25, 0.3) is 88.9 Å². The molecule has 0 aliphatic carbocycles. The van der Waals surface area contributed by atoms with Crippen molar-refractivity contribution in [3.05, 3.63) is 182 Å². The summed E-state index contributed by atoms with van der Waals surface area (Å²) in [5, 5.41) is 4.85. The third-order valence-corrected chi connectivity index (χ3v) is 9.74. The lowest BCUT2D eigenvalue weighted by Crippen LogP contribution is -2.02. The third kappa shape index (κ3) is 4.54. The molecule has 3 heterocycles. The largest absolute Gasteiger partial charge is 0.309 e. The number of rotatable bonds is 5. The van der Waals surface area contributed by atoms with Gasteiger partial charge in [0.1, 0.15) is 5.82 Å². The van der Waals surface area contributed by atoms with Crippen LogP contribution >= 0.6 is 0 Å². The van der Waals surface area contributed by atoms with Gasteiger partial charge in [-0.05, 0) is 47.5 Å². The monoisotopic (exact) mass is 638 g/mol. The second-order valence-corrected chi connectivity index (χ2v) is 12.7. The highest BCUT2D eigenvalue weighted by Crippen LogP contribution is 2.40. The van der Waals surface area contributed by atoms with Crippen LogP contribution < -0.4 is 0 Å². The Hall–Kier alpha value is -6.78. The average Bonchev–Trinajstić information content (AvgIpc) is 3.70. The summed E-state index contributed by atoms with van der Waals surface area (Å²) >= 11 is 0. The number of benzene rings is 7. The van der Waals surface area contributed by atoms with Gasteiger partial charge in [-0.3, -0.25) is 4.57 Å². The van der Waals surface area contributed by atoms with E-state index in [1.165, 1.54) is 32.6 Å². The molecule has 7 aromatic carbocycles. The van der Waals surface area contributed by atoms with Crippen LogP contribution in [-0.4, -0.2) is 19.1 Å². The van der Waals surface area contributed by atoms with Crippen LogP contribution in [0.4, 0.5) is 0 Å². The minimum Gasteiger partial charge on any atom is -0.309 e. The summed E-state index contributed by atoms with van der Waals surface area (Å²) in [6.45, 7) is 0. The maximum absolute atomic E-state index is 5.32. The highest BCUT2D eigenvalue weighted by atomic mass is 15.1. The fourth-order valence-corrected chi connectivity index (χ4v) is 7.41. The van der Waals surface area contributed by atoms with Crippen LogP contribution in [0, 0.1) is 0 Å². The minimum atomic E-state index is 0.686. The summed E-state index contributed by atoms with van der Waals surface area (Å²) in [6, 6.07) is 64.2. The van der Waals surface area contributed by atoms with Crippen molar-refractivity contribution in [3.8, 4) is 45.3 Å². The molecular weight excluding hydrogens is 609 g/mol. The van der Waals surface area contributed by atoms with E-state index in [0.29, 0.717) is 5.82 Å². The molecule has 0 saturated heterocycles. The molecule has 0 spiro atoms. The van der Waals surface area contributed by atoms with E-state index < -0.39 is 0 Å². The van der Waals surface area contributed by atoms with Crippen molar-refractivity contribution in [2.45, 2.75) is 0 Å². The zero-order chi connectivity index (χ0) is 33.0. The maximum Gasteiger partial charge on any atom is 0.162 e. The summed E-state index contributed by atoms with van der Waals surface area (Å²) in [6.07, 6.45) is 0. The van der Waals surface area contributed by atoms with Gasteiger partial charge in [0.15, 0.2) is 5.82 Å². The molecule has 0 aliphatic heterocycles. The summed E-state index contributed by atoms with van der Waals surface area (Å²) in [7, 11) is 0. The Morgan fingerprint density at radius 1 is 0.320 bits per heavy atom. The van der Waals surface area contributed by atoms with E-state index in [1.54, 1.807) is 0 Å². The third-order valence-electron chi connectivity index (χ3n) is 9.74. The lowest BCUT2D eigenvalue weighted by Gasteiger charge is -2.13. The van der Waals surface area contributed by atoms with E-state index in [0.717, 1.165) is 50.4 Å². The van der Waals surface area contributed by atoms with Crippen LogP contribution in [-0.2, 0) is 0 Å². The number of fused-ring (bicyclic) bond motifs is 6. The van der Waals surface area contributed by atoms with Crippen molar-refractivity contribution in [2.24, 2.45) is 0 Å². The van der Waals surface area contributed by atoms with E-state index in [4.69, 9.17) is 9.97 Å². The molecule has 0 unspecified atom stereocenters. The first-order chi connectivity index (χ1) is 24.8. The van der Waals surface area contributed by atoms with Crippen LogP contribution in [0.1, 0.15) is 0 Å². The molecular formula is C46H30N4. The molecule has 4 heteroatoms. The standard InChI is InChI=1S/C46H30N4/c1-4-14-31(15-5-1)32-24-26-34(27-25-32)46-47-40(33-16-6-2-7-17-33)29-45(48-46)50-42-23-13-11-21-37(42)39-28-38-36-20-10-12-22-41(36)49(43(38)30-44(39)50)35-18-8-3-9-19-35/h1-30H. The van der Waals surface area contributed by atoms with Gasteiger partial charge in [0.2, 0.25) is 0 Å². The quantitative estimate of drug-likeness (QED) is 0.188. The molecule has 3 aromatic heterocycles. The van der Waals surface area contributed by atoms with Gasteiger partial charge < -0.3 is 4.57 Å². The zero-order valence-corrected chi connectivity index (χ0v) is 27.1. The lowest BCUT2D eigenvalue weighted by molar-refractivity contribution is 1.05. The average molecular weight is 639 g/mol. The molecule has 0 amide bonds. The fraction of sp³-hybridized carbons (Fsp3) is 0. The topological polar surface area (TPSA) is 35.6 Å². The minimum absolute atomic E-state index is 0.686. The van der Waals surface area contributed by atoms with E-state index >= 15 is 0 Å². The predicted octanol–water partition coefficient (Wildman–Crippen LogP) is 11.7. The molecule has 234 valence electrons. The van der Waals surface area contributed by atoms with Crippen molar-refractivity contribution in [3.63, 3.8) is 0 Å². The second kappa shape index (κ2) is 11.4. The molecule has 50 heavy (non-hydrogen) atoms. The van der Waals surface area contributed by atoms with Gasteiger partial charge in [-0.25, -0.2) is 9.97 Å². The Labute approximate surface area is 289 Å². The van der Waals surface area contributed by atoms with Crippen LogP contribution in [0.5, 0.6) is 0 Å². The van der Waals surface area contributed by atoms with Gasteiger partial charge in [0.25, 0.3) is 0 Å². The van der Waals surface area contributed by atoms with E-state index in [2.05, 4.69) is 179 Å². The van der Waals surface area contributed by atoms with Crippen molar-refractivity contribution in [2.75, 3.05) is 0 Å². The molecule has 4 nitrogen and oxygen atoms in total. The molecule has 0 bridgehead atoms. The number of hydrogen-bond donors (Lipinski definition) is 0. The fourth-order valence-electron chi connectivity index (χ4n) is 7.41. The highest BCUT2D eigenvalue weighted by Gasteiger charge is 2.20. The van der Waals surface area contributed by atoms with Crippen molar-refractivity contribution < 1.29 is 0 Å². The zero-order valence-electron chi connectivity index (χ0n) is 27.1. The number of nitrogens with zero attached hydrogens (tertiary/aromatic N) is 4. The van der Waals surface area contributed by atoms with Gasteiger partial charge in [-0.15, -0.1) is 0 Å². The van der Waals surface area contributed by atoms with Gasteiger partial charge >= 0.3 is 0 Å². The van der Waals surface area contributed by atoms with E-state index in [9.17, 15) is 0 Å². The first-order valence-electron chi connectivity index (χ1n) is 16.9. The van der Waals surface area contributed by atoms with Gasteiger partial charge in [-0.2, -0.15) is 0 Å². The molecule has 10 aromatic rings. The second-order valence-electron chi connectivity index (χ2n) is 12.7. The van der Waals surface area contributed by atoms with Crippen LogP contribution in [0.15, 0.2) is 182 Å². The normalized spacial score (nSPS) is 11.6. The molecule has 0 fully saturated rings. The Morgan fingerprint density at radius 2 is 0.820 bits per heavy atom. The molecule has 0 aliphatic rings. The number of para-hydroxylation sites is 3. The first kappa shape index (κ1) is 28.3. The van der Waals surface area contributed by atoms with Crippen LogP contribution in [0.3, 0.4) is 0 Å². The van der Waals surface area contributed by atoms with Gasteiger partial charge in [0.05, 0.1) is 27.8 Å². The highest BCUT2D eigenvalue weighted by molar-refractivity contribution is 6.19. The summed E-state index contributed by atoms with van der Waals surface area (Å²) in [4.78, 5) is 10.5. The Morgan fingerprint density at radius 3 is 1.48 bits per heavy atom. The van der Waals surface area contributed by atoms with Gasteiger partial charge in [0, 0.05) is 44.4 Å². The SMILES string of the molecule is c1ccc(-c2ccc(-c3nc(-c4ccccc4)cc(-n4c5ccccc5c5cc6c7ccccc7n(-c7ccccc7)c6cc54)n3)cc2)cc1. The van der Waals surface area contributed by atoms with Crippen molar-refractivity contribution >= 4 is 43.6 Å². The smallest absolute Gasteiger partial charge is 0.162 e. The Kier molecular flexibility index (Phi) is 6.46. The summed E-state index contributed by atoms with van der Waals surface area (Å²) < 4.78 is 4.69. The first-order valence-corrected chi connectivity index (χ1v) is 16.9. The van der Waals surface area contributed by atoms with Crippen molar-refractivity contribution in [1.82, 2.24) is 19.1 Å². The number of aromatic nitrogens is 4. The summed E-state index contributed by atoms with van der Waals surface area (Å²) in [5.74, 6) is 1.51. The molecule has 0 radical (unpaired) electrons. The van der Waals surface area contributed by atoms with E-state index in [-0.39, 0.29) is 0 Å². The van der Waals surface area contributed by atoms with Gasteiger partial charge in [-0.1, -0.05) is 140 Å². The molecule has 0 saturated carbocycles. The molecule has 0 atom stereocenters.